The van der Waals surface area contributed by atoms with Crippen LogP contribution < -0.4 is 5.56 Å². The SMILES string of the molecule is O=c1[c]c(-c2ccccc2)c2cc(Br)ccc2[nH]1. The Morgan fingerprint density at radius 2 is 1.83 bits per heavy atom. The van der Waals surface area contributed by atoms with Gasteiger partial charge in [0.15, 0.2) is 0 Å². The van der Waals surface area contributed by atoms with E-state index in [1.807, 2.05) is 48.5 Å². The lowest BCUT2D eigenvalue weighted by Gasteiger charge is -2.06. The summed E-state index contributed by atoms with van der Waals surface area (Å²) in [6, 6.07) is 18.5. The van der Waals surface area contributed by atoms with Gasteiger partial charge in [-0.2, -0.15) is 0 Å². The number of nitrogens with one attached hydrogen (secondary N) is 1. The number of rotatable bonds is 1. The molecule has 2 aromatic carbocycles. The van der Waals surface area contributed by atoms with E-state index in [0.717, 1.165) is 26.5 Å². The fraction of sp³-hybridized carbons (Fsp3) is 0. The van der Waals surface area contributed by atoms with E-state index in [-0.39, 0.29) is 5.56 Å². The summed E-state index contributed by atoms with van der Waals surface area (Å²) in [6.45, 7) is 0. The van der Waals surface area contributed by atoms with E-state index >= 15 is 0 Å². The van der Waals surface area contributed by atoms with Crippen LogP contribution in [0.5, 0.6) is 0 Å². The summed E-state index contributed by atoms with van der Waals surface area (Å²) in [4.78, 5) is 14.4. The van der Waals surface area contributed by atoms with Crippen molar-refractivity contribution in [1.82, 2.24) is 4.98 Å². The molecule has 0 bridgehead atoms. The van der Waals surface area contributed by atoms with Gasteiger partial charge in [0.05, 0.1) is 6.07 Å². The minimum atomic E-state index is -0.205. The molecule has 0 aliphatic rings. The summed E-state index contributed by atoms with van der Waals surface area (Å²) in [7, 11) is 0. The summed E-state index contributed by atoms with van der Waals surface area (Å²) in [5, 5.41) is 0.982. The second kappa shape index (κ2) is 4.42. The summed E-state index contributed by atoms with van der Waals surface area (Å²) in [5.41, 5.74) is 2.44. The molecule has 0 amide bonds. The maximum atomic E-state index is 11.6. The highest BCUT2D eigenvalue weighted by Crippen LogP contribution is 2.27. The summed E-state index contributed by atoms with van der Waals surface area (Å²) in [6.07, 6.45) is 0. The van der Waals surface area contributed by atoms with Gasteiger partial charge in [0, 0.05) is 20.9 Å². The fourth-order valence-corrected chi connectivity index (χ4v) is 2.36. The lowest BCUT2D eigenvalue weighted by molar-refractivity contribution is 1.30. The zero-order valence-corrected chi connectivity index (χ0v) is 11.0. The normalized spacial score (nSPS) is 10.7. The van der Waals surface area contributed by atoms with Gasteiger partial charge >= 0.3 is 0 Å². The number of H-pyrrole nitrogens is 1. The van der Waals surface area contributed by atoms with Crippen LogP contribution in [0.3, 0.4) is 0 Å². The number of hydrogen-bond acceptors (Lipinski definition) is 1. The third-order valence-electron chi connectivity index (χ3n) is 2.80. The van der Waals surface area contributed by atoms with Crippen LogP contribution in [-0.4, -0.2) is 4.98 Å². The van der Waals surface area contributed by atoms with Crippen LogP contribution in [0, 0.1) is 6.07 Å². The van der Waals surface area contributed by atoms with Crippen LogP contribution in [0.1, 0.15) is 0 Å². The lowest BCUT2D eigenvalue weighted by Crippen LogP contribution is -2.05. The van der Waals surface area contributed by atoms with Gasteiger partial charge in [-0.1, -0.05) is 46.3 Å². The van der Waals surface area contributed by atoms with Gasteiger partial charge in [-0.15, -0.1) is 0 Å². The molecular formula is C15H9BrNO. The zero-order valence-electron chi connectivity index (χ0n) is 9.41. The van der Waals surface area contributed by atoms with Gasteiger partial charge in [0.25, 0.3) is 5.56 Å². The lowest BCUT2D eigenvalue weighted by atomic mass is 10.0. The molecule has 0 aliphatic carbocycles. The van der Waals surface area contributed by atoms with Crippen molar-refractivity contribution in [1.29, 1.82) is 0 Å². The molecule has 1 heterocycles. The van der Waals surface area contributed by atoms with E-state index in [1.54, 1.807) is 0 Å². The van der Waals surface area contributed by atoms with Crippen LogP contribution in [0.2, 0.25) is 0 Å². The van der Waals surface area contributed by atoms with Crippen LogP contribution in [0.25, 0.3) is 22.0 Å². The molecule has 2 nitrogen and oxygen atoms in total. The molecule has 0 saturated carbocycles. The molecule has 0 spiro atoms. The number of aromatic nitrogens is 1. The summed E-state index contributed by atoms with van der Waals surface area (Å²) >= 11 is 3.45. The molecule has 0 atom stereocenters. The number of benzene rings is 2. The molecule has 3 aromatic rings. The van der Waals surface area contributed by atoms with Gasteiger partial charge in [0.2, 0.25) is 0 Å². The first-order valence-corrected chi connectivity index (χ1v) is 6.33. The maximum Gasteiger partial charge on any atom is 0.257 e. The van der Waals surface area contributed by atoms with Crippen LogP contribution in [-0.2, 0) is 0 Å². The van der Waals surface area contributed by atoms with Crippen molar-refractivity contribution in [3.05, 3.63) is 69.4 Å². The standard InChI is InChI=1S/C15H9BrNO/c16-11-6-7-14-13(8-11)12(9-15(18)17-14)10-4-2-1-3-5-10/h1-8H,(H,17,18). The third kappa shape index (κ3) is 1.97. The maximum absolute atomic E-state index is 11.6. The number of pyridine rings is 1. The van der Waals surface area contributed by atoms with Crippen molar-refractivity contribution in [2.75, 3.05) is 0 Å². The van der Waals surface area contributed by atoms with Crippen molar-refractivity contribution in [2.24, 2.45) is 0 Å². The first-order valence-electron chi connectivity index (χ1n) is 5.54. The Bertz CT molecular complexity index is 762. The average Bonchev–Trinajstić information content (AvgIpc) is 2.39. The van der Waals surface area contributed by atoms with Crippen molar-refractivity contribution in [3.8, 4) is 11.1 Å². The fourth-order valence-electron chi connectivity index (χ4n) is 2.00. The predicted octanol–water partition coefficient (Wildman–Crippen LogP) is 3.76. The summed E-state index contributed by atoms with van der Waals surface area (Å²) < 4.78 is 0.979. The third-order valence-corrected chi connectivity index (χ3v) is 3.29. The minimum Gasteiger partial charge on any atom is -0.321 e. The molecule has 1 radical (unpaired) electrons. The second-order valence-corrected chi connectivity index (χ2v) is 4.93. The Hall–Kier alpha value is -1.87. The van der Waals surface area contributed by atoms with E-state index in [9.17, 15) is 4.79 Å². The van der Waals surface area contributed by atoms with Crippen LogP contribution in [0.4, 0.5) is 0 Å². The molecule has 0 aliphatic heterocycles. The largest absolute Gasteiger partial charge is 0.321 e. The first kappa shape index (κ1) is 11.2. The predicted molar refractivity (Wildman–Crippen MR) is 76.5 cm³/mol. The van der Waals surface area contributed by atoms with Crippen molar-refractivity contribution < 1.29 is 0 Å². The molecule has 0 unspecified atom stereocenters. The topological polar surface area (TPSA) is 32.9 Å². The Morgan fingerprint density at radius 3 is 2.61 bits per heavy atom. The van der Waals surface area contributed by atoms with E-state index in [2.05, 4.69) is 27.0 Å². The highest BCUT2D eigenvalue weighted by Gasteiger charge is 2.06. The minimum absolute atomic E-state index is 0.205. The van der Waals surface area contributed by atoms with Crippen molar-refractivity contribution >= 4 is 26.8 Å². The van der Waals surface area contributed by atoms with E-state index in [0.29, 0.717) is 0 Å². The highest BCUT2D eigenvalue weighted by atomic mass is 79.9. The molecule has 0 fully saturated rings. The molecule has 18 heavy (non-hydrogen) atoms. The molecule has 3 heteroatoms. The molecule has 1 N–H and O–H groups in total. The van der Waals surface area contributed by atoms with Gasteiger partial charge in [-0.25, -0.2) is 0 Å². The van der Waals surface area contributed by atoms with Gasteiger partial charge < -0.3 is 4.98 Å². The second-order valence-electron chi connectivity index (χ2n) is 4.01. The Labute approximate surface area is 112 Å². The Kier molecular flexibility index (Phi) is 2.76. The molecule has 87 valence electrons. The average molecular weight is 299 g/mol. The Balaban J connectivity index is 2.41. The molecular weight excluding hydrogens is 290 g/mol. The molecule has 3 rings (SSSR count). The first-order chi connectivity index (χ1) is 8.74. The Morgan fingerprint density at radius 1 is 1.06 bits per heavy atom. The number of fused-ring (bicyclic) bond motifs is 1. The highest BCUT2D eigenvalue weighted by molar-refractivity contribution is 9.10. The number of aromatic amines is 1. The molecule has 1 aromatic heterocycles. The van der Waals surface area contributed by atoms with E-state index < -0.39 is 0 Å². The number of hydrogen-bond donors (Lipinski definition) is 1. The van der Waals surface area contributed by atoms with E-state index in [4.69, 9.17) is 0 Å². The van der Waals surface area contributed by atoms with Gasteiger partial charge in [-0.3, -0.25) is 4.79 Å². The number of halogens is 1. The van der Waals surface area contributed by atoms with Crippen molar-refractivity contribution in [3.63, 3.8) is 0 Å². The van der Waals surface area contributed by atoms with E-state index in [1.165, 1.54) is 0 Å². The quantitative estimate of drug-likeness (QED) is 0.729. The van der Waals surface area contributed by atoms with Gasteiger partial charge in [0.1, 0.15) is 0 Å². The molecule has 0 saturated heterocycles. The van der Waals surface area contributed by atoms with Crippen molar-refractivity contribution in [2.45, 2.75) is 0 Å². The van der Waals surface area contributed by atoms with Gasteiger partial charge in [-0.05, 0) is 23.8 Å². The monoisotopic (exact) mass is 298 g/mol. The van der Waals surface area contributed by atoms with Crippen LogP contribution in [0.15, 0.2) is 57.8 Å². The zero-order chi connectivity index (χ0) is 12.5. The summed E-state index contributed by atoms with van der Waals surface area (Å²) in [5.74, 6) is 0. The smallest absolute Gasteiger partial charge is 0.257 e. The van der Waals surface area contributed by atoms with Crippen LogP contribution >= 0.6 is 15.9 Å².